The maximum atomic E-state index is 8.45. The van der Waals surface area contributed by atoms with Crippen LogP contribution in [0.2, 0.25) is 0 Å². The van der Waals surface area contributed by atoms with E-state index in [0.29, 0.717) is 18.9 Å². The fraction of sp³-hybridized carbons (Fsp3) is 0.556. The Labute approximate surface area is 104 Å². The molecule has 0 unspecified atom stereocenters. The van der Waals surface area contributed by atoms with Crippen LogP contribution in [0.1, 0.15) is 6.42 Å². The summed E-state index contributed by atoms with van der Waals surface area (Å²) in [5, 5.41) is 11.3. The van der Waals surface area contributed by atoms with E-state index in [1.807, 2.05) is 0 Å². The highest BCUT2D eigenvalue weighted by molar-refractivity contribution is 5.80. The van der Waals surface area contributed by atoms with Gasteiger partial charge in [0.15, 0.2) is 0 Å². The molecular formula is C9H16N6O3. The molecular weight excluding hydrogens is 240 g/mol. The van der Waals surface area contributed by atoms with E-state index in [9.17, 15) is 0 Å². The van der Waals surface area contributed by atoms with Gasteiger partial charge in [0.2, 0.25) is 5.95 Å². The summed E-state index contributed by atoms with van der Waals surface area (Å²) in [6.07, 6.45) is 0.378. The van der Waals surface area contributed by atoms with Crippen molar-refractivity contribution in [3.05, 3.63) is 0 Å². The molecule has 9 heteroatoms. The fourth-order valence-electron chi connectivity index (χ4n) is 1.11. The molecule has 0 radical (unpaired) electrons. The van der Waals surface area contributed by atoms with Crippen LogP contribution < -0.4 is 20.1 Å². The van der Waals surface area contributed by atoms with E-state index < -0.39 is 0 Å². The van der Waals surface area contributed by atoms with Crippen LogP contribution in [0, 0.1) is 0 Å². The highest BCUT2D eigenvalue weighted by Gasteiger charge is 2.11. The zero-order valence-corrected chi connectivity index (χ0v) is 10.5. The number of aromatic nitrogens is 3. The molecule has 1 aromatic rings. The van der Waals surface area contributed by atoms with Crippen molar-refractivity contribution in [1.29, 1.82) is 0 Å². The van der Waals surface area contributed by atoms with E-state index in [-0.39, 0.29) is 17.9 Å². The monoisotopic (exact) mass is 256 g/mol. The first-order valence-electron chi connectivity index (χ1n) is 5.12. The van der Waals surface area contributed by atoms with Crippen LogP contribution >= 0.6 is 0 Å². The Balaban J connectivity index is 2.80. The number of methoxy groups -OCH3 is 2. The summed E-state index contributed by atoms with van der Waals surface area (Å²) in [7, 11) is 4.67. The predicted octanol–water partition coefficient (Wildman–Crippen LogP) is -0.538. The molecule has 0 saturated heterocycles. The first kappa shape index (κ1) is 13.7. The highest BCUT2D eigenvalue weighted by atomic mass is 16.5. The Morgan fingerprint density at radius 1 is 1.28 bits per heavy atom. The second-order valence-electron chi connectivity index (χ2n) is 3.37. The normalized spacial score (nSPS) is 11.2. The topological polar surface area (TPSA) is 119 Å². The molecule has 1 aromatic heterocycles. The maximum Gasteiger partial charge on any atom is 0.324 e. The standard InChI is InChI=1S/C9H16N6O3/c1-15(5-4-6(10)14-16)7-11-8(17-2)13-9(12-7)18-3/h16H,4-5H2,1-3H3,(H2,10,14). The van der Waals surface area contributed by atoms with Gasteiger partial charge in [-0.2, -0.15) is 9.97 Å². The van der Waals surface area contributed by atoms with E-state index in [1.165, 1.54) is 14.2 Å². The van der Waals surface area contributed by atoms with Gasteiger partial charge in [-0.05, 0) is 0 Å². The van der Waals surface area contributed by atoms with Crippen LogP contribution in [-0.2, 0) is 0 Å². The van der Waals surface area contributed by atoms with Crippen molar-refractivity contribution in [3.63, 3.8) is 0 Å². The molecule has 0 saturated carbocycles. The molecule has 3 N–H and O–H groups in total. The second kappa shape index (κ2) is 6.42. The minimum atomic E-state index is 0.134. The van der Waals surface area contributed by atoms with E-state index in [2.05, 4.69) is 20.1 Å². The van der Waals surface area contributed by atoms with Gasteiger partial charge in [0.1, 0.15) is 5.84 Å². The molecule has 0 aliphatic rings. The summed E-state index contributed by atoms with van der Waals surface area (Å²) in [6, 6.07) is 0.319. The van der Waals surface area contributed by atoms with Crippen molar-refractivity contribution in [2.24, 2.45) is 10.9 Å². The van der Waals surface area contributed by atoms with Crippen LogP contribution in [0.5, 0.6) is 12.0 Å². The number of nitrogens with two attached hydrogens (primary N) is 1. The molecule has 100 valence electrons. The highest BCUT2D eigenvalue weighted by Crippen LogP contribution is 2.14. The van der Waals surface area contributed by atoms with Crippen LogP contribution in [0.15, 0.2) is 5.16 Å². The number of anilines is 1. The molecule has 0 atom stereocenters. The number of amidine groups is 1. The van der Waals surface area contributed by atoms with Gasteiger partial charge in [0, 0.05) is 20.0 Å². The molecule has 18 heavy (non-hydrogen) atoms. The molecule has 0 spiro atoms. The average molecular weight is 256 g/mol. The molecule has 0 fully saturated rings. The van der Waals surface area contributed by atoms with Crippen molar-refractivity contribution in [2.45, 2.75) is 6.42 Å². The summed E-state index contributed by atoms with van der Waals surface area (Å²) in [5.74, 6) is 0.513. The second-order valence-corrected chi connectivity index (χ2v) is 3.37. The van der Waals surface area contributed by atoms with Gasteiger partial charge < -0.3 is 25.3 Å². The Bertz CT molecular complexity index is 403. The molecule has 0 amide bonds. The summed E-state index contributed by atoms with van der Waals surface area (Å²) >= 11 is 0. The molecule has 9 nitrogen and oxygen atoms in total. The summed E-state index contributed by atoms with van der Waals surface area (Å²) in [4.78, 5) is 13.7. The first-order valence-corrected chi connectivity index (χ1v) is 5.12. The third-order valence-electron chi connectivity index (χ3n) is 2.12. The van der Waals surface area contributed by atoms with Gasteiger partial charge in [-0.3, -0.25) is 0 Å². The van der Waals surface area contributed by atoms with Gasteiger partial charge in [-0.1, -0.05) is 5.16 Å². The number of hydrogen-bond donors (Lipinski definition) is 2. The van der Waals surface area contributed by atoms with Crippen molar-refractivity contribution in [1.82, 2.24) is 15.0 Å². The van der Waals surface area contributed by atoms with Crippen LogP contribution in [0.25, 0.3) is 0 Å². The zero-order valence-electron chi connectivity index (χ0n) is 10.5. The van der Waals surface area contributed by atoms with Gasteiger partial charge >= 0.3 is 12.0 Å². The number of rotatable bonds is 6. The Morgan fingerprint density at radius 3 is 2.28 bits per heavy atom. The largest absolute Gasteiger partial charge is 0.467 e. The minimum Gasteiger partial charge on any atom is -0.467 e. The van der Waals surface area contributed by atoms with E-state index in [0.717, 1.165) is 0 Å². The van der Waals surface area contributed by atoms with Gasteiger partial charge in [-0.15, -0.1) is 4.98 Å². The molecule has 0 bridgehead atoms. The summed E-state index contributed by atoms with van der Waals surface area (Å²) < 4.78 is 9.87. The SMILES string of the molecule is COc1nc(OC)nc(N(C)CC/C(N)=N/O)n1. The van der Waals surface area contributed by atoms with Crippen molar-refractivity contribution in [3.8, 4) is 12.0 Å². The number of ether oxygens (including phenoxy) is 2. The summed E-state index contributed by atoms with van der Waals surface area (Å²) in [5.41, 5.74) is 5.38. The van der Waals surface area contributed by atoms with Crippen molar-refractivity contribution >= 4 is 11.8 Å². The van der Waals surface area contributed by atoms with Crippen LogP contribution in [0.4, 0.5) is 5.95 Å². The third-order valence-corrected chi connectivity index (χ3v) is 2.12. The Hall–Kier alpha value is -2.32. The Morgan fingerprint density at radius 2 is 1.83 bits per heavy atom. The van der Waals surface area contributed by atoms with E-state index >= 15 is 0 Å². The fourth-order valence-corrected chi connectivity index (χ4v) is 1.11. The average Bonchev–Trinajstić information content (AvgIpc) is 2.43. The molecule has 0 aliphatic carbocycles. The maximum absolute atomic E-state index is 8.45. The lowest BCUT2D eigenvalue weighted by molar-refractivity contribution is 0.317. The lowest BCUT2D eigenvalue weighted by atomic mass is 10.4. The number of hydrogen-bond acceptors (Lipinski definition) is 8. The van der Waals surface area contributed by atoms with Gasteiger partial charge in [-0.25, -0.2) is 0 Å². The van der Waals surface area contributed by atoms with Gasteiger partial charge in [0.05, 0.1) is 14.2 Å². The minimum absolute atomic E-state index is 0.134. The molecule has 0 aromatic carbocycles. The lowest BCUT2D eigenvalue weighted by Crippen LogP contribution is -2.26. The molecule has 1 heterocycles. The Kier molecular flexibility index (Phi) is 4.90. The number of nitrogens with zero attached hydrogens (tertiary/aromatic N) is 5. The van der Waals surface area contributed by atoms with Gasteiger partial charge in [0.25, 0.3) is 0 Å². The lowest BCUT2D eigenvalue weighted by Gasteiger charge is -2.16. The van der Waals surface area contributed by atoms with E-state index in [4.69, 9.17) is 20.4 Å². The number of oxime groups is 1. The first-order chi connectivity index (χ1) is 8.60. The zero-order chi connectivity index (χ0) is 13.5. The smallest absolute Gasteiger partial charge is 0.324 e. The van der Waals surface area contributed by atoms with Crippen molar-refractivity contribution < 1.29 is 14.7 Å². The quantitative estimate of drug-likeness (QED) is 0.301. The molecule has 1 rings (SSSR count). The molecule has 0 aliphatic heterocycles. The van der Waals surface area contributed by atoms with Crippen LogP contribution in [-0.4, -0.2) is 53.8 Å². The third kappa shape index (κ3) is 3.61. The summed E-state index contributed by atoms with van der Waals surface area (Å²) in [6.45, 7) is 0.478. The van der Waals surface area contributed by atoms with E-state index in [1.54, 1.807) is 11.9 Å². The van der Waals surface area contributed by atoms with Crippen molar-refractivity contribution in [2.75, 3.05) is 32.7 Å². The predicted molar refractivity (Wildman–Crippen MR) is 64.2 cm³/mol. The van der Waals surface area contributed by atoms with Crippen LogP contribution in [0.3, 0.4) is 0 Å².